The molecule has 1 aliphatic heterocycles. The van der Waals surface area contributed by atoms with E-state index in [9.17, 15) is 9.90 Å². The van der Waals surface area contributed by atoms with Crippen LogP contribution in [0.4, 0.5) is 0 Å². The van der Waals surface area contributed by atoms with Gasteiger partial charge in [-0.2, -0.15) is 0 Å². The fourth-order valence-electron chi connectivity index (χ4n) is 3.75. The van der Waals surface area contributed by atoms with Crippen LogP contribution in [-0.2, 0) is 0 Å². The molecule has 3 aromatic rings. The van der Waals surface area contributed by atoms with E-state index in [0.717, 1.165) is 48.0 Å². The highest BCUT2D eigenvalue weighted by molar-refractivity contribution is 5.93. The summed E-state index contributed by atoms with van der Waals surface area (Å²) >= 11 is 0. The van der Waals surface area contributed by atoms with Gasteiger partial charge in [-0.3, -0.25) is 4.79 Å². The number of aliphatic hydroxyl groups is 1. The minimum Gasteiger partial charge on any atom is -0.387 e. The normalized spacial score (nSPS) is 16.2. The summed E-state index contributed by atoms with van der Waals surface area (Å²) in [7, 11) is 0. The summed E-state index contributed by atoms with van der Waals surface area (Å²) in [5, 5.41) is 27.1. The van der Waals surface area contributed by atoms with Crippen LogP contribution in [0.1, 0.15) is 46.7 Å². The number of fused-ring (bicyclic) bond motifs is 1. The van der Waals surface area contributed by atoms with E-state index >= 15 is 0 Å². The van der Waals surface area contributed by atoms with Crippen molar-refractivity contribution in [3.05, 3.63) is 59.4 Å². The summed E-state index contributed by atoms with van der Waals surface area (Å²) in [6.45, 7) is 3.89. The Balaban J connectivity index is 1.41. The number of benzene rings is 2. The van der Waals surface area contributed by atoms with Crippen molar-refractivity contribution in [3.8, 4) is 0 Å². The molecule has 0 bridgehead atoms. The lowest BCUT2D eigenvalue weighted by molar-refractivity contribution is 0.0910. The first kappa shape index (κ1) is 18.6. The second-order valence-electron chi connectivity index (χ2n) is 7.28. The van der Waals surface area contributed by atoms with Gasteiger partial charge in [-0.05, 0) is 55.3 Å². The molecule has 1 amide bonds. The maximum Gasteiger partial charge on any atom is 0.273 e. The monoisotopic (exact) mass is 379 g/mol. The Kier molecular flexibility index (Phi) is 5.36. The lowest BCUT2D eigenvalue weighted by Crippen LogP contribution is -2.31. The third kappa shape index (κ3) is 3.76. The summed E-state index contributed by atoms with van der Waals surface area (Å²) in [5.74, 6) is -0.308. The lowest BCUT2D eigenvalue weighted by atomic mass is 10.0. The van der Waals surface area contributed by atoms with E-state index in [1.54, 1.807) is 0 Å². The fourth-order valence-corrected chi connectivity index (χ4v) is 3.75. The number of nitrogens with one attached hydrogen (secondary N) is 2. The third-order valence-corrected chi connectivity index (χ3v) is 5.41. The van der Waals surface area contributed by atoms with Crippen molar-refractivity contribution in [1.29, 1.82) is 0 Å². The van der Waals surface area contributed by atoms with Crippen LogP contribution in [0.3, 0.4) is 0 Å². The molecule has 2 heterocycles. The van der Waals surface area contributed by atoms with Crippen LogP contribution in [-0.4, -0.2) is 45.6 Å². The molecule has 28 heavy (non-hydrogen) atoms. The first-order valence-corrected chi connectivity index (χ1v) is 9.71. The van der Waals surface area contributed by atoms with Crippen molar-refractivity contribution in [2.75, 3.05) is 19.6 Å². The van der Waals surface area contributed by atoms with Gasteiger partial charge in [0.15, 0.2) is 5.69 Å². The van der Waals surface area contributed by atoms with E-state index in [-0.39, 0.29) is 18.5 Å². The van der Waals surface area contributed by atoms with E-state index in [4.69, 9.17) is 0 Å². The predicted octanol–water partition coefficient (Wildman–Crippen LogP) is 2.13. The van der Waals surface area contributed by atoms with Crippen LogP contribution < -0.4 is 10.6 Å². The van der Waals surface area contributed by atoms with Gasteiger partial charge in [-0.15, -0.1) is 5.10 Å². The number of aromatic nitrogens is 3. The number of rotatable bonds is 5. The molecule has 0 spiro atoms. The maximum absolute atomic E-state index is 12.6. The molecule has 146 valence electrons. The number of piperidine rings is 1. The van der Waals surface area contributed by atoms with Crippen LogP contribution in [0, 0.1) is 6.92 Å². The molecule has 1 fully saturated rings. The van der Waals surface area contributed by atoms with Crippen molar-refractivity contribution >= 4 is 16.7 Å². The molecule has 2 aromatic carbocycles. The Hall–Kier alpha value is -2.77. The Morgan fingerprint density at radius 2 is 2.00 bits per heavy atom. The fraction of sp³-hybridized carbons (Fsp3) is 0.381. The molecule has 0 saturated carbocycles. The molecule has 7 heteroatoms. The molecule has 0 radical (unpaired) electrons. The van der Waals surface area contributed by atoms with Gasteiger partial charge in [-0.25, -0.2) is 4.68 Å². The maximum atomic E-state index is 12.6. The number of nitrogens with zero attached hydrogens (tertiary/aromatic N) is 3. The van der Waals surface area contributed by atoms with Crippen LogP contribution in [0.2, 0.25) is 0 Å². The summed E-state index contributed by atoms with van der Waals surface area (Å²) in [6, 6.07) is 14.1. The smallest absolute Gasteiger partial charge is 0.273 e. The SMILES string of the molecule is Cc1c(C(=O)NCC(O)c2ccc3ccccc3c2)nnn1C1CCNCC1. The van der Waals surface area contributed by atoms with Gasteiger partial charge in [0.25, 0.3) is 5.91 Å². The van der Waals surface area contributed by atoms with Crippen LogP contribution in [0.5, 0.6) is 0 Å². The van der Waals surface area contributed by atoms with Crippen molar-refractivity contribution < 1.29 is 9.90 Å². The summed E-state index contributed by atoms with van der Waals surface area (Å²) < 4.78 is 1.86. The molecule has 7 nitrogen and oxygen atoms in total. The predicted molar refractivity (Wildman–Crippen MR) is 107 cm³/mol. The van der Waals surface area contributed by atoms with Gasteiger partial charge in [0.2, 0.25) is 0 Å². The van der Waals surface area contributed by atoms with E-state index in [0.29, 0.717) is 5.69 Å². The van der Waals surface area contributed by atoms with Crippen LogP contribution in [0.15, 0.2) is 42.5 Å². The molecule has 1 aromatic heterocycles. The molecular formula is C21H25N5O2. The third-order valence-electron chi connectivity index (χ3n) is 5.41. The van der Waals surface area contributed by atoms with Gasteiger partial charge < -0.3 is 15.7 Å². The zero-order valence-corrected chi connectivity index (χ0v) is 15.9. The van der Waals surface area contributed by atoms with E-state index in [1.807, 2.05) is 54.1 Å². The molecule has 0 aliphatic carbocycles. The van der Waals surface area contributed by atoms with Gasteiger partial charge >= 0.3 is 0 Å². The largest absolute Gasteiger partial charge is 0.387 e. The summed E-state index contributed by atoms with van der Waals surface area (Å²) in [4.78, 5) is 12.6. The van der Waals surface area contributed by atoms with Crippen molar-refractivity contribution in [2.45, 2.75) is 31.9 Å². The highest BCUT2D eigenvalue weighted by atomic mass is 16.3. The standard InChI is InChI=1S/C21H25N5O2/c1-14-20(24-25-26(14)18-8-10-22-11-9-18)21(28)23-13-19(27)17-7-6-15-4-2-3-5-16(15)12-17/h2-7,12,18-19,22,27H,8-11,13H2,1H3,(H,23,28). The number of amides is 1. The summed E-state index contributed by atoms with van der Waals surface area (Å²) in [6.07, 6.45) is 1.17. The van der Waals surface area contributed by atoms with Gasteiger partial charge in [-0.1, -0.05) is 41.6 Å². The van der Waals surface area contributed by atoms with Crippen molar-refractivity contribution in [1.82, 2.24) is 25.6 Å². The number of aliphatic hydroxyl groups excluding tert-OH is 1. The van der Waals surface area contributed by atoms with Crippen LogP contribution >= 0.6 is 0 Å². The second-order valence-corrected chi connectivity index (χ2v) is 7.28. The van der Waals surface area contributed by atoms with Crippen molar-refractivity contribution in [3.63, 3.8) is 0 Å². The first-order chi connectivity index (χ1) is 13.6. The van der Waals surface area contributed by atoms with E-state index in [1.165, 1.54) is 0 Å². The molecule has 4 rings (SSSR count). The summed E-state index contributed by atoms with van der Waals surface area (Å²) in [5.41, 5.74) is 1.86. The zero-order valence-electron chi connectivity index (χ0n) is 15.9. The Morgan fingerprint density at radius 1 is 1.25 bits per heavy atom. The van der Waals surface area contributed by atoms with Crippen LogP contribution in [0.25, 0.3) is 10.8 Å². The minimum absolute atomic E-state index is 0.122. The van der Waals surface area contributed by atoms with E-state index in [2.05, 4.69) is 20.9 Å². The number of carbonyl (C=O) groups is 1. The number of hydrogen-bond acceptors (Lipinski definition) is 5. The Labute approximate surface area is 163 Å². The quantitative estimate of drug-likeness (QED) is 0.632. The number of hydrogen-bond donors (Lipinski definition) is 3. The molecule has 1 atom stereocenters. The highest BCUT2D eigenvalue weighted by Crippen LogP contribution is 2.21. The molecule has 1 aliphatic rings. The molecule has 1 saturated heterocycles. The zero-order chi connectivity index (χ0) is 19.5. The Morgan fingerprint density at radius 3 is 2.79 bits per heavy atom. The average Bonchev–Trinajstić information content (AvgIpc) is 3.13. The molecule has 3 N–H and O–H groups in total. The van der Waals surface area contributed by atoms with Gasteiger partial charge in [0, 0.05) is 6.54 Å². The molecular weight excluding hydrogens is 354 g/mol. The lowest BCUT2D eigenvalue weighted by Gasteiger charge is -2.23. The van der Waals surface area contributed by atoms with Gasteiger partial charge in [0.1, 0.15) is 0 Å². The Bertz CT molecular complexity index is 978. The van der Waals surface area contributed by atoms with E-state index < -0.39 is 6.10 Å². The second kappa shape index (κ2) is 8.08. The highest BCUT2D eigenvalue weighted by Gasteiger charge is 2.23. The number of carbonyl (C=O) groups excluding carboxylic acids is 1. The first-order valence-electron chi connectivity index (χ1n) is 9.71. The average molecular weight is 379 g/mol. The van der Waals surface area contributed by atoms with Gasteiger partial charge in [0.05, 0.1) is 17.8 Å². The topological polar surface area (TPSA) is 92.1 Å². The minimum atomic E-state index is -0.784. The molecule has 1 unspecified atom stereocenters. The van der Waals surface area contributed by atoms with Crippen molar-refractivity contribution in [2.24, 2.45) is 0 Å².